The van der Waals surface area contributed by atoms with Crippen LogP contribution in [0.5, 0.6) is 0 Å². The second kappa shape index (κ2) is 6.22. The number of benzene rings is 1. The van der Waals surface area contributed by atoms with Crippen molar-refractivity contribution < 1.29 is 9.53 Å². The lowest BCUT2D eigenvalue weighted by molar-refractivity contribution is 0.0601. The van der Waals surface area contributed by atoms with Gasteiger partial charge in [0.05, 0.1) is 12.7 Å². The van der Waals surface area contributed by atoms with Crippen LogP contribution in [0.3, 0.4) is 0 Å². The molecule has 0 radical (unpaired) electrons. The molecule has 0 spiro atoms. The third-order valence-corrected chi connectivity index (χ3v) is 3.03. The zero-order chi connectivity index (χ0) is 13.6. The molecule has 0 aliphatic carbocycles. The van der Waals surface area contributed by atoms with Crippen LogP contribution >= 0.6 is 0 Å². The quantitative estimate of drug-likeness (QED) is 0.462. The average molecular weight is 258 g/mol. The zero-order valence-corrected chi connectivity index (χ0v) is 12.3. The van der Waals surface area contributed by atoms with E-state index in [1.807, 2.05) is 24.3 Å². The Morgan fingerprint density at radius 2 is 1.83 bits per heavy atom. The first-order chi connectivity index (χ1) is 8.42. The van der Waals surface area contributed by atoms with Crippen molar-refractivity contribution in [1.29, 1.82) is 0 Å². The van der Waals surface area contributed by atoms with E-state index < -0.39 is 8.07 Å². The molecule has 0 bridgehead atoms. The maximum Gasteiger partial charge on any atom is 0.337 e. The smallest absolute Gasteiger partial charge is 0.337 e. The molecule has 1 aromatic carbocycles. The number of allylic oxidation sites excluding steroid dienone is 1. The number of esters is 1. The van der Waals surface area contributed by atoms with Crippen molar-refractivity contribution in [3.8, 4) is 11.5 Å². The molecule has 0 aliphatic heterocycles. The number of methoxy groups -OCH3 is 1. The van der Waals surface area contributed by atoms with Gasteiger partial charge in [0, 0.05) is 0 Å². The summed E-state index contributed by atoms with van der Waals surface area (Å²) >= 11 is 0. The van der Waals surface area contributed by atoms with Crippen LogP contribution in [0.1, 0.15) is 15.9 Å². The Morgan fingerprint density at radius 3 is 2.33 bits per heavy atom. The lowest BCUT2D eigenvalue weighted by Crippen LogP contribution is -2.16. The van der Waals surface area contributed by atoms with E-state index in [1.165, 1.54) is 7.11 Å². The van der Waals surface area contributed by atoms with Gasteiger partial charge in [-0.3, -0.25) is 0 Å². The van der Waals surface area contributed by atoms with Gasteiger partial charge in [0.1, 0.15) is 8.07 Å². The maximum atomic E-state index is 11.2. The monoisotopic (exact) mass is 258 g/mol. The van der Waals surface area contributed by atoms with Crippen molar-refractivity contribution in [3.05, 3.63) is 41.5 Å². The van der Waals surface area contributed by atoms with E-state index >= 15 is 0 Å². The molecule has 1 rings (SSSR count). The van der Waals surface area contributed by atoms with Gasteiger partial charge in [0.2, 0.25) is 0 Å². The van der Waals surface area contributed by atoms with Crippen LogP contribution < -0.4 is 0 Å². The van der Waals surface area contributed by atoms with Gasteiger partial charge in [-0.1, -0.05) is 37.7 Å². The number of carbonyl (C=O) groups excluding carboxylic acids is 1. The molecule has 94 valence electrons. The SMILES string of the molecule is COC(=O)c1ccc(/C=C\C#C[Si](C)(C)C)cc1. The minimum Gasteiger partial charge on any atom is -0.465 e. The average Bonchev–Trinajstić information content (AvgIpc) is 2.33. The molecule has 0 heterocycles. The second-order valence-corrected chi connectivity index (χ2v) is 9.72. The van der Waals surface area contributed by atoms with Crippen LogP contribution in [0.15, 0.2) is 30.3 Å². The summed E-state index contributed by atoms with van der Waals surface area (Å²) in [7, 11) is 0.0794. The molecule has 0 aliphatic rings. The summed E-state index contributed by atoms with van der Waals surface area (Å²) in [5, 5.41) is 0. The molecule has 0 amide bonds. The van der Waals surface area contributed by atoms with E-state index in [1.54, 1.807) is 12.1 Å². The van der Waals surface area contributed by atoms with Gasteiger partial charge in [-0.25, -0.2) is 4.79 Å². The molecule has 0 N–H and O–H groups in total. The number of ether oxygens (including phenoxy) is 1. The lowest BCUT2D eigenvalue weighted by Gasteiger charge is -2.02. The van der Waals surface area contributed by atoms with Gasteiger partial charge < -0.3 is 4.74 Å². The van der Waals surface area contributed by atoms with Gasteiger partial charge in [0.25, 0.3) is 0 Å². The minimum atomic E-state index is -1.30. The Bertz CT molecular complexity index is 496. The van der Waals surface area contributed by atoms with E-state index in [0.29, 0.717) is 5.56 Å². The van der Waals surface area contributed by atoms with Crippen LogP contribution in [-0.2, 0) is 4.74 Å². The van der Waals surface area contributed by atoms with Crippen LogP contribution in [0.25, 0.3) is 6.08 Å². The van der Waals surface area contributed by atoms with Crippen molar-refractivity contribution in [2.75, 3.05) is 7.11 Å². The van der Waals surface area contributed by atoms with Crippen LogP contribution in [-0.4, -0.2) is 21.2 Å². The summed E-state index contributed by atoms with van der Waals surface area (Å²) in [6.45, 7) is 6.62. The number of hydrogen-bond donors (Lipinski definition) is 0. The van der Waals surface area contributed by atoms with Gasteiger partial charge in [-0.05, 0) is 29.8 Å². The highest BCUT2D eigenvalue weighted by atomic mass is 28.3. The molecular formula is C15H18O2Si. The van der Waals surface area contributed by atoms with E-state index in [9.17, 15) is 4.79 Å². The van der Waals surface area contributed by atoms with Crippen LogP contribution in [0.4, 0.5) is 0 Å². The number of hydrogen-bond acceptors (Lipinski definition) is 2. The summed E-state index contributed by atoms with van der Waals surface area (Å²) in [6.07, 6.45) is 3.79. The highest BCUT2D eigenvalue weighted by Crippen LogP contribution is 2.07. The first kappa shape index (κ1) is 14.3. The van der Waals surface area contributed by atoms with Crippen molar-refractivity contribution in [3.63, 3.8) is 0 Å². The molecule has 1 aromatic rings. The lowest BCUT2D eigenvalue weighted by atomic mass is 10.1. The second-order valence-electron chi connectivity index (χ2n) is 4.97. The summed E-state index contributed by atoms with van der Waals surface area (Å²) in [6, 6.07) is 7.24. The zero-order valence-electron chi connectivity index (χ0n) is 11.3. The minimum absolute atomic E-state index is 0.316. The highest BCUT2D eigenvalue weighted by molar-refractivity contribution is 6.83. The summed E-state index contributed by atoms with van der Waals surface area (Å²) in [4.78, 5) is 11.2. The van der Waals surface area contributed by atoms with E-state index in [4.69, 9.17) is 0 Å². The standard InChI is InChI=1S/C15H18O2Si/c1-17-15(16)14-10-8-13(9-11-14)7-5-6-12-18(2,3)4/h5,7-11H,1-4H3/b7-5-. The van der Waals surface area contributed by atoms with E-state index in [0.717, 1.165) is 5.56 Å². The molecule has 0 unspecified atom stereocenters. The fraction of sp³-hybridized carbons (Fsp3) is 0.267. The maximum absolute atomic E-state index is 11.2. The highest BCUT2D eigenvalue weighted by Gasteiger charge is 2.06. The van der Waals surface area contributed by atoms with Gasteiger partial charge in [0.15, 0.2) is 0 Å². The number of rotatable bonds is 2. The Hall–Kier alpha value is -1.79. The molecular weight excluding hydrogens is 240 g/mol. The van der Waals surface area contributed by atoms with Gasteiger partial charge in [-0.2, -0.15) is 0 Å². The summed E-state index contributed by atoms with van der Waals surface area (Å²) in [5.74, 6) is 2.75. The molecule has 18 heavy (non-hydrogen) atoms. The van der Waals surface area contributed by atoms with E-state index in [2.05, 4.69) is 35.8 Å². The fourth-order valence-corrected chi connectivity index (χ4v) is 1.76. The largest absolute Gasteiger partial charge is 0.465 e. The topological polar surface area (TPSA) is 26.3 Å². The normalized spacial score (nSPS) is 10.9. The third kappa shape index (κ3) is 5.02. The summed E-state index contributed by atoms with van der Waals surface area (Å²) in [5.41, 5.74) is 4.84. The van der Waals surface area contributed by atoms with Crippen molar-refractivity contribution in [1.82, 2.24) is 0 Å². The first-order valence-electron chi connectivity index (χ1n) is 5.80. The van der Waals surface area contributed by atoms with Crippen molar-refractivity contribution >= 4 is 20.1 Å². The van der Waals surface area contributed by atoms with Gasteiger partial charge in [-0.15, -0.1) is 5.54 Å². The van der Waals surface area contributed by atoms with E-state index in [-0.39, 0.29) is 5.97 Å². The first-order valence-corrected chi connectivity index (χ1v) is 9.30. The molecule has 0 aromatic heterocycles. The third-order valence-electron chi connectivity index (χ3n) is 2.14. The Labute approximate surface area is 110 Å². The molecule has 2 nitrogen and oxygen atoms in total. The predicted molar refractivity (Wildman–Crippen MR) is 77.9 cm³/mol. The van der Waals surface area contributed by atoms with Crippen LogP contribution in [0.2, 0.25) is 19.6 Å². The van der Waals surface area contributed by atoms with Crippen molar-refractivity contribution in [2.45, 2.75) is 19.6 Å². The summed E-state index contributed by atoms with van der Waals surface area (Å²) < 4.78 is 4.64. The Balaban J connectivity index is 2.72. The molecule has 0 saturated carbocycles. The molecule has 3 heteroatoms. The number of carbonyl (C=O) groups is 1. The van der Waals surface area contributed by atoms with Gasteiger partial charge >= 0.3 is 5.97 Å². The molecule has 0 saturated heterocycles. The Morgan fingerprint density at radius 1 is 1.22 bits per heavy atom. The fourth-order valence-electron chi connectivity index (χ4n) is 1.24. The van der Waals surface area contributed by atoms with Crippen LogP contribution in [0, 0.1) is 11.5 Å². The Kier molecular flexibility index (Phi) is 4.93. The predicted octanol–water partition coefficient (Wildman–Crippen LogP) is 3.37. The molecule has 0 atom stereocenters. The molecule has 0 fully saturated rings. The van der Waals surface area contributed by atoms with Crippen molar-refractivity contribution in [2.24, 2.45) is 0 Å².